The van der Waals surface area contributed by atoms with E-state index >= 15 is 0 Å². The summed E-state index contributed by atoms with van der Waals surface area (Å²) in [7, 11) is 0. The zero-order valence-electron chi connectivity index (χ0n) is 13.1. The highest BCUT2D eigenvalue weighted by molar-refractivity contribution is 7.13. The Morgan fingerprint density at radius 1 is 1.08 bits per heavy atom. The van der Waals surface area contributed by atoms with Gasteiger partial charge in [-0.25, -0.2) is 0 Å². The van der Waals surface area contributed by atoms with Crippen molar-refractivity contribution in [1.29, 1.82) is 0 Å². The molecule has 128 valence electrons. The fraction of sp³-hybridized carbons (Fsp3) is 0.211. The van der Waals surface area contributed by atoms with Gasteiger partial charge in [0.1, 0.15) is 0 Å². The number of hydrogen-bond acceptors (Lipinski definition) is 3. The third-order valence-electron chi connectivity index (χ3n) is 3.65. The predicted molar refractivity (Wildman–Crippen MR) is 93.3 cm³/mol. The van der Waals surface area contributed by atoms with Crippen molar-refractivity contribution in [2.24, 2.45) is 0 Å². The highest BCUT2D eigenvalue weighted by Gasteiger charge is 2.30. The standard InChI is InChI=1S/C19H14F3NOS/c20-19(21,22)15-8-6-14(7-9-15)18-16-10-5-13(4-2-1-3-11-24)12-17(16)25-23-18/h5-10,12,24H,1,3,11H2. The molecule has 2 nitrogen and oxygen atoms in total. The molecule has 1 aromatic heterocycles. The Morgan fingerprint density at radius 3 is 2.52 bits per heavy atom. The molecule has 0 bridgehead atoms. The first-order chi connectivity index (χ1) is 12.0. The molecule has 1 heterocycles. The largest absolute Gasteiger partial charge is 0.416 e. The zero-order valence-corrected chi connectivity index (χ0v) is 13.9. The molecule has 0 aliphatic heterocycles. The number of rotatable bonds is 3. The number of fused-ring (bicyclic) bond motifs is 1. The van der Waals surface area contributed by atoms with E-state index in [1.807, 2.05) is 18.2 Å². The molecule has 0 unspecified atom stereocenters. The second-order valence-corrected chi connectivity index (χ2v) is 6.25. The molecule has 0 amide bonds. The van der Waals surface area contributed by atoms with Gasteiger partial charge in [-0.15, -0.1) is 0 Å². The maximum Gasteiger partial charge on any atom is 0.416 e. The lowest BCUT2D eigenvalue weighted by atomic mass is 10.0. The van der Waals surface area contributed by atoms with Crippen molar-refractivity contribution in [3.63, 3.8) is 0 Å². The number of aromatic nitrogens is 1. The Morgan fingerprint density at radius 2 is 1.84 bits per heavy atom. The lowest BCUT2D eigenvalue weighted by Crippen LogP contribution is -2.03. The van der Waals surface area contributed by atoms with Gasteiger partial charge in [-0.2, -0.15) is 17.5 Å². The van der Waals surface area contributed by atoms with E-state index in [1.165, 1.54) is 23.7 Å². The number of unbranched alkanes of at least 4 members (excludes halogenated alkanes) is 1. The maximum atomic E-state index is 12.7. The highest BCUT2D eigenvalue weighted by Crippen LogP contribution is 2.34. The molecule has 0 atom stereocenters. The molecule has 0 spiro atoms. The van der Waals surface area contributed by atoms with E-state index in [0.29, 0.717) is 24.1 Å². The average molecular weight is 361 g/mol. The SMILES string of the molecule is OCCCC#Cc1ccc2c(-c3ccc(C(F)(F)F)cc3)nsc2c1. The number of benzene rings is 2. The van der Waals surface area contributed by atoms with Crippen LogP contribution in [0, 0.1) is 11.8 Å². The monoisotopic (exact) mass is 361 g/mol. The van der Waals surface area contributed by atoms with Crippen molar-refractivity contribution in [3.05, 3.63) is 53.6 Å². The van der Waals surface area contributed by atoms with Gasteiger partial charge in [-0.05, 0) is 42.2 Å². The van der Waals surface area contributed by atoms with Crippen LogP contribution in [0.2, 0.25) is 0 Å². The fourth-order valence-corrected chi connectivity index (χ4v) is 3.21. The lowest BCUT2D eigenvalue weighted by Gasteiger charge is -2.06. The van der Waals surface area contributed by atoms with Gasteiger partial charge in [0.05, 0.1) is 16.0 Å². The zero-order chi connectivity index (χ0) is 17.9. The van der Waals surface area contributed by atoms with E-state index < -0.39 is 11.7 Å². The van der Waals surface area contributed by atoms with Crippen molar-refractivity contribution < 1.29 is 18.3 Å². The number of aliphatic hydroxyl groups is 1. The second-order valence-electron chi connectivity index (χ2n) is 5.45. The van der Waals surface area contributed by atoms with Gasteiger partial charge in [0.15, 0.2) is 0 Å². The number of nitrogens with zero attached hydrogens (tertiary/aromatic N) is 1. The summed E-state index contributed by atoms with van der Waals surface area (Å²) in [4.78, 5) is 0. The lowest BCUT2D eigenvalue weighted by molar-refractivity contribution is -0.137. The molecular formula is C19H14F3NOS. The molecule has 0 saturated heterocycles. The molecule has 0 aliphatic rings. The molecule has 25 heavy (non-hydrogen) atoms. The summed E-state index contributed by atoms with van der Waals surface area (Å²) in [5.41, 5.74) is 1.51. The van der Waals surface area contributed by atoms with Crippen molar-refractivity contribution in [1.82, 2.24) is 4.37 Å². The summed E-state index contributed by atoms with van der Waals surface area (Å²) in [5.74, 6) is 6.03. The first-order valence-electron chi connectivity index (χ1n) is 7.66. The van der Waals surface area contributed by atoms with Gasteiger partial charge in [0, 0.05) is 29.5 Å². The summed E-state index contributed by atoms with van der Waals surface area (Å²) in [6.45, 7) is 0.124. The Kier molecular flexibility index (Phi) is 5.07. The minimum Gasteiger partial charge on any atom is -0.396 e. The van der Waals surface area contributed by atoms with Crippen molar-refractivity contribution in [3.8, 4) is 23.1 Å². The van der Waals surface area contributed by atoms with Crippen LogP contribution in [0.5, 0.6) is 0 Å². The van der Waals surface area contributed by atoms with Crippen molar-refractivity contribution in [2.75, 3.05) is 6.61 Å². The van der Waals surface area contributed by atoms with Crippen LogP contribution in [0.1, 0.15) is 24.0 Å². The van der Waals surface area contributed by atoms with Crippen LogP contribution in [0.15, 0.2) is 42.5 Å². The summed E-state index contributed by atoms with van der Waals surface area (Å²) >= 11 is 1.30. The van der Waals surface area contributed by atoms with E-state index in [-0.39, 0.29) is 6.61 Å². The van der Waals surface area contributed by atoms with Crippen LogP contribution in [0.4, 0.5) is 13.2 Å². The van der Waals surface area contributed by atoms with Crippen LogP contribution in [0.3, 0.4) is 0 Å². The summed E-state index contributed by atoms with van der Waals surface area (Å²) in [6.07, 6.45) is -3.06. The Balaban J connectivity index is 1.89. The second kappa shape index (κ2) is 7.26. The third-order valence-corrected chi connectivity index (χ3v) is 4.46. The van der Waals surface area contributed by atoms with Crippen LogP contribution in [-0.2, 0) is 6.18 Å². The molecule has 2 aromatic carbocycles. The molecule has 6 heteroatoms. The van der Waals surface area contributed by atoms with E-state index in [4.69, 9.17) is 5.11 Å². The molecule has 0 fully saturated rings. The highest BCUT2D eigenvalue weighted by atomic mass is 32.1. The molecule has 3 aromatic rings. The minimum absolute atomic E-state index is 0.124. The van der Waals surface area contributed by atoms with Crippen molar-refractivity contribution in [2.45, 2.75) is 19.0 Å². The summed E-state index contributed by atoms with van der Waals surface area (Å²) in [5, 5.41) is 9.63. The van der Waals surface area contributed by atoms with Crippen LogP contribution in [-0.4, -0.2) is 16.1 Å². The van der Waals surface area contributed by atoms with Crippen LogP contribution < -0.4 is 0 Å². The van der Waals surface area contributed by atoms with Gasteiger partial charge in [-0.1, -0.05) is 30.0 Å². The molecule has 1 N–H and O–H groups in total. The Labute approximate surface area is 147 Å². The van der Waals surface area contributed by atoms with E-state index in [0.717, 1.165) is 27.8 Å². The Hall–Kier alpha value is -2.36. The minimum atomic E-state index is -4.34. The molecule has 0 aliphatic carbocycles. The first-order valence-corrected chi connectivity index (χ1v) is 8.43. The number of alkyl halides is 3. The molecule has 0 radical (unpaired) electrons. The van der Waals surface area contributed by atoms with E-state index in [2.05, 4.69) is 16.2 Å². The van der Waals surface area contributed by atoms with Crippen LogP contribution >= 0.6 is 11.5 Å². The number of aliphatic hydroxyl groups excluding tert-OH is 1. The predicted octanol–water partition coefficient (Wildman–Crippen LogP) is 5.11. The smallest absolute Gasteiger partial charge is 0.396 e. The van der Waals surface area contributed by atoms with Gasteiger partial charge in [0.25, 0.3) is 0 Å². The topological polar surface area (TPSA) is 33.1 Å². The molecular weight excluding hydrogens is 347 g/mol. The molecule has 3 rings (SSSR count). The fourth-order valence-electron chi connectivity index (χ4n) is 2.37. The summed E-state index contributed by atoms with van der Waals surface area (Å²) in [6, 6.07) is 10.7. The first kappa shape index (κ1) is 17.5. The van der Waals surface area contributed by atoms with E-state index in [9.17, 15) is 13.2 Å². The van der Waals surface area contributed by atoms with Crippen molar-refractivity contribution >= 4 is 21.6 Å². The summed E-state index contributed by atoms with van der Waals surface area (Å²) < 4.78 is 43.3. The van der Waals surface area contributed by atoms with Gasteiger partial charge < -0.3 is 5.11 Å². The van der Waals surface area contributed by atoms with E-state index in [1.54, 1.807) is 0 Å². The quantitative estimate of drug-likeness (QED) is 0.520. The number of halogens is 3. The van der Waals surface area contributed by atoms with Gasteiger partial charge >= 0.3 is 6.18 Å². The van der Waals surface area contributed by atoms with Gasteiger partial charge in [0.2, 0.25) is 0 Å². The third kappa shape index (κ3) is 4.01. The molecule has 0 saturated carbocycles. The maximum absolute atomic E-state index is 12.7. The van der Waals surface area contributed by atoms with Gasteiger partial charge in [-0.3, -0.25) is 0 Å². The Bertz CT molecular complexity index is 933. The normalized spacial score (nSPS) is 11.4. The average Bonchev–Trinajstić information content (AvgIpc) is 3.01. The van der Waals surface area contributed by atoms with Crippen LogP contribution in [0.25, 0.3) is 21.3 Å². The number of hydrogen-bond donors (Lipinski definition) is 1.